The predicted molar refractivity (Wildman–Crippen MR) is 111 cm³/mol. The topological polar surface area (TPSA) is 72.8 Å². The largest absolute Gasteiger partial charge is 0.496 e. The number of benzene rings is 2. The fraction of sp³-hybridized carbons (Fsp3) is 0.190. The van der Waals surface area contributed by atoms with Crippen molar-refractivity contribution < 1.29 is 9.53 Å². The number of aromatic amines is 1. The number of ketones is 1. The second kappa shape index (κ2) is 7.90. The summed E-state index contributed by atoms with van der Waals surface area (Å²) in [5.41, 5.74) is 2.55. The number of ether oxygens (including phenoxy) is 1. The Morgan fingerprint density at radius 1 is 1.14 bits per heavy atom. The van der Waals surface area contributed by atoms with E-state index in [1.165, 1.54) is 11.8 Å². The van der Waals surface area contributed by atoms with Gasteiger partial charge in [0.2, 0.25) is 0 Å². The van der Waals surface area contributed by atoms with Gasteiger partial charge in [0.25, 0.3) is 0 Å². The number of fused-ring (bicyclic) bond motifs is 1. The molecule has 2 heterocycles. The highest BCUT2D eigenvalue weighted by Gasteiger charge is 2.18. The smallest absolute Gasteiger partial charge is 0.191 e. The summed E-state index contributed by atoms with van der Waals surface area (Å²) in [7, 11) is 1.64. The second-order valence-corrected chi connectivity index (χ2v) is 7.15. The summed E-state index contributed by atoms with van der Waals surface area (Å²) in [6.45, 7) is 2.73. The number of methoxy groups -OCH3 is 1. The van der Waals surface area contributed by atoms with Crippen molar-refractivity contribution >= 4 is 28.4 Å². The van der Waals surface area contributed by atoms with Gasteiger partial charge >= 0.3 is 0 Å². The molecule has 7 heteroatoms. The number of hydrogen-bond acceptors (Lipinski definition) is 5. The number of carbonyl (C=O) groups excluding carboxylic acids is 1. The van der Waals surface area contributed by atoms with Crippen molar-refractivity contribution in [1.82, 2.24) is 19.7 Å². The van der Waals surface area contributed by atoms with E-state index in [-0.39, 0.29) is 5.78 Å². The highest BCUT2D eigenvalue weighted by molar-refractivity contribution is 7.99. The van der Waals surface area contributed by atoms with Crippen LogP contribution in [0.1, 0.15) is 17.3 Å². The second-order valence-electron chi connectivity index (χ2n) is 6.21. The van der Waals surface area contributed by atoms with Gasteiger partial charge in [-0.1, -0.05) is 42.1 Å². The van der Waals surface area contributed by atoms with Gasteiger partial charge in [0.15, 0.2) is 16.8 Å². The van der Waals surface area contributed by atoms with Gasteiger partial charge in [-0.3, -0.25) is 4.79 Å². The first-order valence-corrected chi connectivity index (χ1v) is 10.00. The summed E-state index contributed by atoms with van der Waals surface area (Å²) in [4.78, 5) is 15.9. The van der Waals surface area contributed by atoms with Gasteiger partial charge in [0, 0.05) is 29.2 Å². The third-order valence-electron chi connectivity index (χ3n) is 4.60. The van der Waals surface area contributed by atoms with Crippen LogP contribution < -0.4 is 4.74 Å². The first-order valence-electron chi connectivity index (χ1n) is 9.01. The Bertz CT molecular complexity index is 1130. The van der Waals surface area contributed by atoms with Crippen LogP contribution in [0.5, 0.6) is 5.75 Å². The summed E-state index contributed by atoms with van der Waals surface area (Å²) in [5, 5.41) is 10.3. The normalized spacial score (nSPS) is 11.1. The van der Waals surface area contributed by atoms with Crippen LogP contribution >= 0.6 is 11.8 Å². The number of para-hydroxylation sites is 2. The van der Waals surface area contributed by atoms with Gasteiger partial charge in [-0.15, -0.1) is 10.2 Å². The number of nitrogens with zero attached hydrogens (tertiary/aromatic N) is 3. The monoisotopic (exact) mass is 392 g/mol. The molecule has 2 aromatic carbocycles. The molecule has 0 bridgehead atoms. The molecule has 0 saturated heterocycles. The Balaban J connectivity index is 1.57. The van der Waals surface area contributed by atoms with Crippen LogP contribution in [0.3, 0.4) is 0 Å². The van der Waals surface area contributed by atoms with E-state index < -0.39 is 0 Å². The van der Waals surface area contributed by atoms with Crippen molar-refractivity contribution in [2.45, 2.75) is 18.6 Å². The maximum absolute atomic E-state index is 12.8. The predicted octanol–water partition coefficient (Wildman–Crippen LogP) is 4.43. The molecule has 0 aliphatic rings. The summed E-state index contributed by atoms with van der Waals surface area (Å²) in [6, 6.07) is 15.5. The van der Waals surface area contributed by atoms with E-state index in [0.29, 0.717) is 17.9 Å². The number of nitrogens with one attached hydrogen (secondary N) is 1. The summed E-state index contributed by atoms with van der Waals surface area (Å²) >= 11 is 1.40. The van der Waals surface area contributed by atoms with Gasteiger partial charge in [-0.05, 0) is 25.1 Å². The molecule has 142 valence electrons. The molecule has 4 aromatic rings. The lowest BCUT2D eigenvalue weighted by molar-refractivity contribution is 0.102. The number of carbonyl (C=O) groups is 1. The third kappa shape index (κ3) is 3.29. The van der Waals surface area contributed by atoms with Crippen molar-refractivity contribution in [2.24, 2.45) is 0 Å². The van der Waals surface area contributed by atoms with Crippen LogP contribution in [0.4, 0.5) is 0 Å². The van der Waals surface area contributed by atoms with Gasteiger partial charge < -0.3 is 14.3 Å². The molecule has 0 atom stereocenters. The quantitative estimate of drug-likeness (QED) is 0.372. The molecule has 0 saturated carbocycles. The molecule has 0 fully saturated rings. The van der Waals surface area contributed by atoms with Crippen LogP contribution in [0.25, 0.3) is 22.3 Å². The number of H-pyrrole nitrogens is 1. The lowest BCUT2D eigenvalue weighted by atomic mass is 10.1. The minimum absolute atomic E-state index is 0.0620. The van der Waals surface area contributed by atoms with E-state index in [1.54, 1.807) is 13.3 Å². The molecule has 0 radical (unpaired) electrons. The molecular weight excluding hydrogens is 372 g/mol. The third-order valence-corrected chi connectivity index (χ3v) is 5.57. The van der Waals surface area contributed by atoms with Gasteiger partial charge in [0.05, 0.1) is 18.4 Å². The zero-order valence-corrected chi connectivity index (χ0v) is 16.5. The van der Waals surface area contributed by atoms with Crippen LogP contribution in [0.15, 0.2) is 59.9 Å². The van der Waals surface area contributed by atoms with Crippen LogP contribution in [-0.4, -0.2) is 38.4 Å². The van der Waals surface area contributed by atoms with Gasteiger partial charge in [-0.25, -0.2) is 0 Å². The molecule has 4 rings (SSSR count). The van der Waals surface area contributed by atoms with Crippen molar-refractivity contribution in [2.75, 3.05) is 12.9 Å². The highest BCUT2D eigenvalue weighted by atomic mass is 32.2. The minimum atomic E-state index is 0.0620. The van der Waals surface area contributed by atoms with Gasteiger partial charge in [-0.2, -0.15) is 0 Å². The van der Waals surface area contributed by atoms with E-state index in [0.717, 1.165) is 33.2 Å². The molecule has 0 unspecified atom stereocenters. The van der Waals surface area contributed by atoms with Crippen molar-refractivity contribution in [3.63, 3.8) is 0 Å². The maximum atomic E-state index is 12.8. The number of Topliss-reactive ketones (excluding diaryl/α,β-unsaturated/α-hetero) is 1. The van der Waals surface area contributed by atoms with Gasteiger partial charge in [0.1, 0.15) is 5.75 Å². The molecule has 1 N–H and O–H groups in total. The van der Waals surface area contributed by atoms with E-state index in [2.05, 4.69) is 15.2 Å². The highest BCUT2D eigenvalue weighted by Crippen LogP contribution is 2.31. The summed E-state index contributed by atoms with van der Waals surface area (Å²) < 4.78 is 7.46. The standard InChI is InChI=1S/C21H20N4O2S/c1-3-25-20(15-9-5-7-11-19(15)27-2)23-24-21(25)28-13-18(26)16-12-22-17-10-6-4-8-14(16)17/h4-12,22H,3,13H2,1-2H3. The number of rotatable bonds is 7. The lowest BCUT2D eigenvalue weighted by Gasteiger charge is -2.10. The van der Waals surface area contributed by atoms with Crippen LogP contribution in [0.2, 0.25) is 0 Å². The van der Waals surface area contributed by atoms with Crippen molar-refractivity contribution in [1.29, 1.82) is 0 Å². The number of aromatic nitrogens is 4. The first kappa shape index (κ1) is 18.3. The molecule has 0 spiro atoms. The Kier molecular flexibility index (Phi) is 5.16. The molecule has 0 amide bonds. The molecule has 28 heavy (non-hydrogen) atoms. The molecule has 0 aliphatic carbocycles. The van der Waals surface area contributed by atoms with E-state index in [9.17, 15) is 4.79 Å². The summed E-state index contributed by atoms with van der Waals surface area (Å²) in [6.07, 6.45) is 1.78. The first-order chi connectivity index (χ1) is 13.7. The number of thioether (sulfide) groups is 1. The van der Waals surface area contributed by atoms with E-state index >= 15 is 0 Å². The van der Waals surface area contributed by atoms with E-state index in [4.69, 9.17) is 4.74 Å². The number of hydrogen-bond donors (Lipinski definition) is 1. The molecule has 6 nitrogen and oxygen atoms in total. The summed E-state index contributed by atoms with van der Waals surface area (Å²) in [5.74, 6) is 1.84. The SMILES string of the molecule is CCn1c(SCC(=O)c2c[nH]c3ccccc23)nnc1-c1ccccc1OC. The zero-order chi connectivity index (χ0) is 19.5. The fourth-order valence-electron chi connectivity index (χ4n) is 3.22. The molecule has 0 aliphatic heterocycles. The Labute approximate surface area is 166 Å². The van der Waals surface area contributed by atoms with Crippen LogP contribution in [0, 0.1) is 0 Å². The average molecular weight is 392 g/mol. The lowest BCUT2D eigenvalue weighted by Crippen LogP contribution is -2.05. The molecular formula is C21H20N4O2S. The van der Waals surface area contributed by atoms with E-state index in [1.807, 2.05) is 60.0 Å². The Hall–Kier alpha value is -3.06. The Morgan fingerprint density at radius 3 is 2.75 bits per heavy atom. The van der Waals surface area contributed by atoms with Crippen LogP contribution in [-0.2, 0) is 6.54 Å². The maximum Gasteiger partial charge on any atom is 0.191 e. The molecule has 2 aromatic heterocycles. The zero-order valence-electron chi connectivity index (χ0n) is 15.7. The minimum Gasteiger partial charge on any atom is -0.496 e. The fourth-order valence-corrected chi connectivity index (χ4v) is 4.10. The van der Waals surface area contributed by atoms with Crippen molar-refractivity contribution in [3.05, 3.63) is 60.3 Å². The Morgan fingerprint density at radius 2 is 1.93 bits per heavy atom. The van der Waals surface area contributed by atoms with Crippen molar-refractivity contribution in [3.8, 4) is 17.1 Å². The average Bonchev–Trinajstić information content (AvgIpc) is 3.35.